The highest BCUT2D eigenvalue weighted by Gasteiger charge is 2.30. The van der Waals surface area contributed by atoms with Crippen molar-refractivity contribution in [2.24, 2.45) is 0 Å². The van der Waals surface area contributed by atoms with E-state index in [-0.39, 0.29) is 11.2 Å². The van der Waals surface area contributed by atoms with Gasteiger partial charge < -0.3 is 4.74 Å². The maximum absolute atomic E-state index is 14.2. The molecule has 0 saturated heterocycles. The van der Waals surface area contributed by atoms with Crippen LogP contribution in [0.2, 0.25) is 0 Å². The normalized spacial score (nSPS) is 11.9. The van der Waals surface area contributed by atoms with Gasteiger partial charge in [0, 0.05) is 38.1 Å². The van der Waals surface area contributed by atoms with E-state index < -0.39 is 0 Å². The highest BCUT2D eigenvalue weighted by molar-refractivity contribution is 6.25. The molecule has 38 heavy (non-hydrogen) atoms. The van der Waals surface area contributed by atoms with Gasteiger partial charge in [-0.05, 0) is 47.9 Å². The first-order chi connectivity index (χ1) is 18.6. The van der Waals surface area contributed by atoms with E-state index in [1.54, 1.807) is 34.7 Å². The predicted octanol–water partition coefficient (Wildman–Crippen LogP) is 6.81. The van der Waals surface area contributed by atoms with Gasteiger partial charge >= 0.3 is 0 Å². The zero-order chi connectivity index (χ0) is 25.7. The van der Waals surface area contributed by atoms with Crippen molar-refractivity contribution < 1.29 is 4.74 Å². The van der Waals surface area contributed by atoms with Crippen molar-refractivity contribution in [3.8, 4) is 34.8 Å². The van der Waals surface area contributed by atoms with E-state index in [1.165, 1.54) is 0 Å². The Hall–Kier alpha value is -5.97. The summed E-state index contributed by atoms with van der Waals surface area (Å²) in [6.45, 7) is 7.87. The number of fused-ring (bicyclic) bond motifs is 5. The topological polar surface area (TPSA) is 95.5 Å². The molecule has 7 aromatic rings. The van der Waals surface area contributed by atoms with E-state index in [4.69, 9.17) is 16.3 Å². The van der Waals surface area contributed by atoms with Gasteiger partial charge in [-0.15, -0.1) is 0 Å². The minimum absolute atomic E-state index is 0.175. The molecule has 0 N–H and O–H groups in total. The van der Waals surface area contributed by atoms with Crippen LogP contribution in [0.4, 0.5) is 5.69 Å². The summed E-state index contributed by atoms with van der Waals surface area (Å²) < 4.78 is 7.80. The van der Waals surface area contributed by atoms with Gasteiger partial charge in [0.1, 0.15) is 17.1 Å². The fourth-order valence-electron chi connectivity index (χ4n) is 5.85. The fourth-order valence-corrected chi connectivity index (χ4v) is 5.85. The van der Waals surface area contributed by atoms with Crippen LogP contribution in [0.15, 0.2) is 71.5 Å². The van der Waals surface area contributed by atoms with Crippen LogP contribution < -0.4 is 10.3 Å². The lowest BCUT2D eigenvalue weighted by atomic mass is 9.86. The third-order valence-electron chi connectivity index (χ3n) is 7.38. The second-order valence-corrected chi connectivity index (χ2v) is 9.25. The molecule has 1 aliphatic heterocycles. The molecule has 0 unspecified atom stereocenters. The Bertz CT molecular complexity index is 2430. The van der Waals surface area contributed by atoms with Gasteiger partial charge in [-0.25, -0.2) is 9.83 Å². The van der Waals surface area contributed by atoms with Crippen molar-refractivity contribution in [1.29, 1.82) is 10.5 Å². The van der Waals surface area contributed by atoms with E-state index in [1.807, 2.05) is 36.4 Å². The van der Waals surface area contributed by atoms with Gasteiger partial charge in [0.05, 0.1) is 40.9 Å². The Morgan fingerprint density at radius 1 is 0.921 bits per heavy atom. The van der Waals surface area contributed by atoms with Crippen molar-refractivity contribution in [3.63, 3.8) is 0 Å². The molecule has 0 atom stereocenters. The monoisotopic (exact) mass is 485 g/mol. The molecule has 7 nitrogen and oxygen atoms in total. The first-order valence-corrected chi connectivity index (χ1v) is 11.8. The molecule has 172 valence electrons. The second-order valence-electron chi connectivity index (χ2n) is 9.25. The average Bonchev–Trinajstić information content (AvgIpc) is 2.96. The molecular weight excluding hydrogens is 474 g/mol. The highest BCUT2D eigenvalue weighted by atomic mass is 16.5. The molecule has 0 radical (unpaired) electrons. The molecule has 1 aliphatic rings. The summed E-state index contributed by atoms with van der Waals surface area (Å²) in [4.78, 5) is 22.8. The van der Waals surface area contributed by atoms with E-state index in [0.29, 0.717) is 66.5 Å². The SMILES string of the molecule is [C-]#[N+]c1cc2c(=O)n3c4cccc5cccc(nc3c3cc(C#N)c6c(c1Oc1ccc(C#N)cc1-6)c23)c54. The van der Waals surface area contributed by atoms with E-state index in [0.717, 1.165) is 16.3 Å². The van der Waals surface area contributed by atoms with Gasteiger partial charge in [-0.1, -0.05) is 24.3 Å². The van der Waals surface area contributed by atoms with Gasteiger partial charge in [0.25, 0.3) is 5.56 Å². The summed E-state index contributed by atoms with van der Waals surface area (Å²) in [5.41, 5.74) is 3.61. The zero-order valence-electron chi connectivity index (χ0n) is 19.4. The van der Waals surface area contributed by atoms with Crippen molar-refractivity contribution in [2.45, 2.75) is 0 Å². The first kappa shape index (κ1) is 20.2. The number of benzene rings is 5. The minimum atomic E-state index is -0.304. The van der Waals surface area contributed by atoms with E-state index in [9.17, 15) is 15.3 Å². The van der Waals surface area contributed by atoms with E-state index in [2.05, 4.69) is 17.0 Å². The zero-order valence-corrected chi connectivity index (χ0v) is 19.4. The van der Waals surface area contributed by atoms with Crippen LogP contribution in [-0.2, 0) is 0 Å². The smallest absolute Gasteiger partial charge is 0.263 e. The molecule has 0 spiro atoms. The number of nitriles is 2. The number of hydrogen-bond acceptors (Lipinski definition) is 5. The summed E-state index contributed by atoms with van der Waals surface area (Å²) in [6, 6.07) is 24.3. The maximum Gasteiger partial charge on any atom is 0.263 e. The molecular formula is C31H11N5O2. The molecule has 5 aromatic carbocycles. The molecule has 0 amide bonds. The van der Waals surface area contributed by atoms with Crippen LogP contribution >= 0.6 is 0 Å². The highest BCUT2D eigenvalue weighted by Crippen LogP contribution is 2.54. The minimum Gasteiger partial charge on any atom is -0.467 e. The molecule has 3 heterocycles. The molecule has 0 bridgehead atoms. The van der Waals surface area contributed by atoms with Crippen LogP contribution in [0.1, 0.15) is 11.1 Å². The quantitative estimate of drug-likeness (QED) is 0.134. The first-order valence-electron chi connectivity index (χ1n) is 11.8. The Morgan fingerprint density at radius 3 is 2.55 bits per heavy atom. The Labute approximate surface area is 213 Å². The molecule has 0 saturated carbocycles. The average molecular weight is 485 g/mol. The Balaban J connectivity index is 1.71. The van der Waals surface area contributed by atoms with Crippen LogP contribution in [0.25, 0.3) is 65.0 Å². The van der Waals surface area contributed by atoms with Gasteiger partial charge in [0.15, 0.2) is 0 Å². The van der Waals surface area contributed by atoms with Crippen molar-refractivity contribution >= 4 is 54.7 Å². The lowest BCUT2D eigenvalue weighted by Crippen LogP contribution is -2.17. The predicted molar refractivity (Wildman–Crippen MR) is 144 cm³/mol. The van der Waals surface area contributed by atoms with E-state index >= 15 is 0 Å². The number of aromatic nitrogens is 2. The summed E-state index contributed by atoms with van der Waals surface area (Å²) >= 11 is 0. The van der Waals surface area contributed by atoms with Gasteiger partial charge in [-0.3, -0.25) is 9.20 Å². The molecule has 0 aliphatic carbocycles. The third kappa shape index (κ3) is 2.29. The Kier molecular flexibility index (Phi) is 3.64. The number of ether oxygens (including phenoxy) is 1. The molecule has 2 aromatic heterocycles. The summed E-state index contributed by atoms with van der Waals surface area (Å²) in [5, 5.41) is 23.7. The van der Waals surface area contributed by atoms with Crippen LogP contribution in [0.3, 0.4) is 0 Å². The Morgan fingerprint density at radius 2 is 1.76 bits per heavy atom. The second kappa shape index (κ2) is 6.83. The summed E-state index contributed by atoms with van der Waals surface area (Å²) in [6.07, 6.45) is 0. The number of hydrogen-bond donors (Lipinski definition) is 0. The summed E-state index contributed by atoms with van der Waals surface area (Å²) in [5.74, 6) is 0.741. The third-order valence-corrected chi connectivity index (χ3v) is 7.38. The van der Waals surface area contributed by atoms with Crippen LogP contribution in [-0.4, -0.2) is 9.38 Å². The molecule has 8 rings (SSSR count). The molecule has 0 fully saturated rings. The lowest BCUT2D eigenvalue weighted by molar-refractivity contribution is 0.490. The van der Waals surface area contributed by atoms with Gasteiger partial charge in [0.2, 0.25) is 5.69 Å². The standard InChI is InChI=1S/C31H11N5O2/c1-34-22-12-20-27-19(30-35-21-6-2-4-16-5-3-7-23(26(16)21)36(30)31(20)37)11-17(14-33)25-18-10-15(13-32)8-9-24(18)38-29(22)28(25)27/h2-12H. The number of pyridine rings is 1. The number of nitrogens with zero attached hydrogens (tertiary/aromatic N) is 5. The largest absolute Gasteiger partial charge is 0.467 e. The van der Waals surface area contributed by atoms with Crippen molar-refractivity contribution in [1.82, 2.24) is 9.38 Å². The molecule has 7 heteroatoms. The van der Waals surface area contributed by atoms with Crippen LogP contribution in [0.5, 0.6) is 11.5 Å². The lowest BCUT2D eigenvalue weighted by Gasteiger charge is -2.25. The number of rotatable bonds is 0. The van der Waals surface area contributed by atoms with Crippen molar-refractivity contribution in [3.05, 3.63) is 99.6 Å². The summed E-state index contributed by atoms with van der Waals surface area (Å²) in [7, 11) is 0. The maximum atomic E-state index is 14.2. The fraction of sp³-hybridized carbons (Fsp3) is 0. The van der Waals surface area contributed by atoms with Crippen LogP contribution in [0, 0.1) is 29.2 Å². The van der Waals surface area contributed by atoms with Gasteiger partial charge in [-0.2, -0.15) is 10.5 Å². The van der Waals surface area contributed by atoms with Crippen molar-refractivity contribution in [2.75, 3.05) is 0 Å².